The molecule has 0 saturated heterocycles. The third-order valence-corrected chi connectivity index (χ3v) is 3.38. The Morgan fingerprint density at radius 3 is 2.63 bits per heavy atom. The molecule has 5 nitrogen and oxygen atoms in total. The van der Waals surface area contributed by atoms with Crippen molar-refractivity contribution in [2.24, 2.45) is 0 Å². The van der Waals surface area contributed by atoms with Crippen LogP contribution in [0.3, 0.4) is 0 Å². The fraction of sp³-hybridized carbons (Fsp3) is 0.714. The number of amides is 1. The number of nitrogens with one attached hydrogen (secondary N) is 1. The van der Waals surface area contributed by atoms with Crippen LogP contribution in [0.15, 0.2) is 6.07 Å². The highest BCUT2D eigenvalue weighted by Crippen LogP contribution is 2.17. The zero-order valence-electron chi connectivity index (χ0n) is 12.3. The van der Waals surface area contributed by atoms with Crippen LogP contribution in [0.4, 0.5) is 0 Å². The van der Waals surface area contributed by atoms with Crippen molar-refractivity contribution in [3.05, 3.63) is 17.5 Å². The number of nitrogens with zero attached hydrogens (tertiary/aromatic N) is 2. The number of carbonyl (C=O) groups excluding carboxylic acids is 1. The summed E-state index contributed by atoms with van der Waals surface area (Å²) in [6.45, 7) is 8.16. The fourth-order valence-corrected chi connectivity index (χ4v) is 2.17. The SMILES string of the molecule is CCC(CC)n1nc(C(=O)NC(C)CCO)cc1C. The van der Waals surface area contributed by atoms with Crippen molar-refractivity contribution < 1.29 is 9.90 Å². The van der Waals surface area contributed by atoms with Crippen molar-refractivity contribution in [2.75, 3.05) is 6.61 Å². The first kappa shape index (κ1) is 15.7. The van der Waals surface area contributed by atoms with Gasteiger partial charge in [0.15, 0.2) is 0 Å². The molecule has 0 aliphatic carbocycles. The summed E-state index contributed by atoms with van der Waals surface area (Å²) in [6, 6.07) is 2.12. The summed E-state index contributed by atoms with van der Waals surface area (Å²) in [5, 5.41) is 16.1. The predicted molar refractivity (Wildman–Crippen MR) is 75.2 cm³/mol. The number of aliphatic hydroxyl groups is 1. The van der Waals surface area contributed by atoms with Gasteiger partial charge in [-0.15, -0.1) is 0 Å². The molecule has 0 bridgehead atoms. The number of hydrogen-bond donors (Lipinski definition) is 2. The largest absolute Gasteiger partial charge is 0.396 e. The van der Waals surface area contributed by atoms with Gasteiger partial charge in [-0.05, 0) is 39.2 Å². The van der Waals surface area contributed by atoms with Gasteiger partial charge >= 0.3 is 0 Å². The average molecular weight is 267 g/mol. The minimum absolute atomic E-state index is 0.0453. The Bertz CT molecular complexity index is 411. The molecule has 2 N–H and O–H groups in total. The maximum absolute atomic E-state index is 12.0. The molecule has 108 valence electrons. The molecule has 0 aromatic carbocycles. The van der Waals surface area contributed by atoms with E-state index >= 15 is 0 Å². The lowest BCUT2D eigenvalue weighted by Crippen LogP contribution is -2.33. The normalized spacial score (nSPS) is 12.7. The summed E-state index contributed by atoms with van der Waals surface area (Å²) >= 11 is 0. The lowest BCUT2D eigenvalue weighted by atomic mass is 10.2. The second kappa shape index (κ2) is 7.28. The van der Waals surface area contributed by atoms with Crippen LogP contribution >= 0.6 is 0 Å². The summed E-state index contributed by atoms with van der Waals surface area (Å²) in [4.78, 5) is 12.0. The van der Waals surface area contributed by atoms with Crippen LogP contribution in [0.1, 0.15) is 62.3 Å². The molecule has 0 aliphatic rings. The Kier molecular flexibility index (Phi) is 6.02. The standard InChI is InChI=1S/C14H25N3O2/c1-5-12(6-2)17-11(4)9-13(16-17)14(19)15-10(3)7-8-18/h9-10,12,18H,5-8H2,1-4H3,(H,15,19). The van der Waals surface area contributed by atoms with E-state index in [1.54, 1.807) is 0 Å². The molecule has 0 radical (unpaired) electrons. The molecule has 1 aromatic heterocycles. The summed E-state index contributed by atoms with van der Waals surface area (Å²) in [5.74, 6) is -0.172. The Balaban J connectivity index is 2.79. The molecular weight excluding hydrogens is 242 g/mol. The zero-order valence-corrected chi connectivity index (χ0v) is 12.3. The zero-order chi connectivity index (χ0) is 14.4. The first-order valence-electron chi connectivity index (χ1n) is 7.01. The number of aromatic nitrogens is 2. The van der Waals surface area contributed by atoms with E-state index in [1.807, 2.05) is 24.6 Å². The van der Waals surface area contributed by atoms with Crippen LogP contribution < -0.4 is 5.32 Å². The van der Waals surface area contributed by atoms with Gasteiger partial charge in [0.2, 0.25) is 0 Å². The molecule has 1 heterocycles. The van der Waals surface area contributed by atoms with Crippen LogP contribution in [0.2, 0.25) is 0 Å². The Hall–Kier alpha value is -1.36. The monoisotopic (exact) mass is 267 g/mol. The molecule has 1 unspecified atom stereocenters. The maximum atomic E-state index is 12.0. The molecule has 19 heavy (non-hydrogen) atoms. The minimum Gasteiger partial charge on any atom is -0.396 e. The van der Waals surface area contributed by atoms with Crippen molar-refractivity contribution in [1.82, 2.24) is 15.1 Å². The average Bonchev–Trinajstić information content (AvgIpc) is 2.74. The number of rotatable bonds is 7. The topological polar surface area (TPSA) is 67.2 Å². The van der Waals surface area contributed by atoms with Crippen LogP contribution in [-0.4, -0.2) is 33.4 Å². The molecule has 1 atom stereocenters. The summed E-state index contributed by atoms with van der Waals surface area (Å²) in [7, 11) is 0. The molecule has 5 heteroatoms. The smallest absolute Gasteiger partial charge is 0.271 e. The quantitative estimate of drug-likeness (QED) is 0.794. The summed E-state index contributed by atoms with van der Waals surface area (Å²) in [5.41, 5.74) is 1.46. The van der Waals surface area contributed by atoms with E-state index in [0.717, 1.165) is 18.5 Å². The molecule has 0 fully saturated rings. The van der Waals surface area contributed by atoms with E-state index in [1.165, 1.54) is 0 Å². The van der Waals surface area contributed by atoms with Gasteiger partial charge < -0.3 is 10.4 Å². The Labute approximate surface area is 115 Å². The number of carbonyl (C=O) groups is 1. The Morgan fingerprint density at radius 2 is 2.11 bits per heavy atom. The number of hydrogen-bond acceptors (Lipinski definition) is 3. The second-order valence-corrected chi connectivity index (χ2v) is 4.97. The van der Waals surface area contributed by atoms with Gasteiger partial charge in [-0.25, -0.2) is 0 Å². The number of aryl methyl sites for hydroxylation is 1. The van der Waals surface area contributed by atoms with E-state index in [0.29, 0.717) is 18.2 Å². The highest BCUT2D eigenvalue weighted by atomic mass is 16.3. The van der Waals surface area contributed by atoms with Crippen LogP contribution in [0.25, 0.3) is 0 Å². The van der Waals surface area contributed by atoms with Gasteiger partial charge in [-0.3, -0.25) is 9.48 Å². The van der Waals surface area contributed by atoms with Crippen molar-refractivity contribution in [3.8, 4) is 0 Å². The summed E-state index contributed by atoms with van der Waals surface area (Å²) < 4.78 is 1.94. The molecule has 1 aromatic rings. The van der Waals surface area contributed by atoms with Crippen LogP contribution in [0.5, 0.6) is 0 Å². The first-order chi connectivity index (χ1) is 9.03. The highest BCUT2D eigenvalue weighted by Gasteiger charge is 2.17. The predicted octanol–water partition coefficient (Wildman–Crippen LogP) is 2.05. The third-order valence-electron chi connectivity index (χ3n) is 3.38. The molecular formula is C14H25N3O2. The first-order valence-corrected chi connectivity index (χ1v) is 7.01. The van der Waals surface area contributed by atoms with Gasteiger partial charge in [0.05, 0.1) is 6.04 Å². The maximum Gasteiger partial charge on any atom is 0.271 e. The van der Waals surface area contributed by atoms with E-state index in [4.69, 9.17) is 5.11 Å². The van der Waals surface area contributed by atoms with Gasteiger partial charge in [-0.2, -0.15) is 5.10 Å². The molecule has 0 aliphatic heterocycles. The van der Waals surface area contributed by atoms with Gasteiger partial charge in [0, 0.05) is 18.3 Å². The molecule has 0 spiro atoms. The van der Waals surface area contributed by atoms with Gasteiger partial charge in [0.1, 0.15) is 5.69 Å². The van der Waals surface area contributed by atoms with Crippen molar-refractivity contribution in [2.45, 2.75) is 59.0 Å². The highest BCUT2D eigenvalue weighted by molar-refractivity contribution is 5.92. The lowest BCUT2D eigenvalue weighted by Gasteiger charge is -2.15. The minimum atomic E-state index is -0.172. The fourth-order valence-electron chi connectivity index (χ4n) is 2.17. The molecule has 0 saturated carbocycles. The third kappa shape index (κ3) is 4.06. The van der Waals surface area contributed by atoms with Crippen molar-refractivity contribution >= 4 is 5.91 Å². The van der Waals surface area contributed by atoms with Crippen molar-refractivity contribution in [1.29, 1.82) is 0 Å². The van der Waals surface area contributed by atoms with E-state index < -0.39 is 0 Å². The van der Waals surface area contributed by atoms with Crippen LogP contribution in [0, 0.1) is 6.92 Å². The lowest BCUT2D eigenvalue weighted by molar-refractivity contribution is 0.0928. The van der Waals surface area contributed by atoms with Gasteiger partial charge in [-0.1, -0.05) is 13.8 Å². The van der Waals surface area contributed by atoms with E-state index in [-0.39, 0.29) is 18.6 Å². The van der Waals surface area contributed by atoms with Gasteiger partial charge in [0.25, 0.3) is 5.91 Å². The summed E-state index contributed by atoms with van der Waals surface area (Å²) in [6.07, 6.45) is 2.56. The van der Waals surface area contributed by atoms with E-state index in [9.17, 15) is 4.79 Å². The van der Waals surface area contributed by atoms with Crippen molar-refractivity contribution in [3.63, 3.8) is 0 Å². The second-order valence-electron chi connectivity index (χ2n) is 4.97. The number of aliphatic hydroxyl groups excluding tert-OH is 1. The molecule has 1 amide bonds. The van der Waals surface area contributed by atoms with E-state index in [2.05, 4.69) is 24.3 Å². The molecule has 1 rings (SSSR count). The Morgan fingerprint density at radius 1 is 1.47 bits per heavy atom. The van der Waals surface area contributed by atoms with Crippen LogP contribution in [-0.2, 0) is 0 Å².